The number of halogens is 1. The summed E-state index contributed by atoms with van der Waals surface area (Å²) < 4.78 is 6.07. The number of carbonyl (C=O) groups excluding carboxylic acids is 4. The normalized spacial score (nSPS) is 17.9. The van der Waals surface area contributed by atoms with Crippen molar-refractivity contribution in [2.75, 3.05) is 32.8 Å². The number of hydrogen-bond donors (Lipinski definition) is 5. The second-order valence-corrected chi connectivity index (χ2v) is 11.5. The summed E-state index contributed by atoms with van der Waals surface area (Å²) in [5.74, 6) is -2.23. The number of aliphatic hydroxyl groups excluding tert-OH is 1. The van der Waals surface area contributed by atoms with Gasteiger partial charge in [0.05, 0.1) is 31.7 Å². The molecule has 2 amide bonds. The van der Waals surface area contributed by atoms with E-state index in [1.54, 1.807) is 6.92 Å². The first kappa shape index (κ1) is 31.0. The molecule has 2 atom stereocenters. The lowest BCUT2D eigenvalue weighted by molar-refractivity contribution is -0.145. The van der Waals surface area contributed by atoms with Crippen molar-refractivity contribution in [1.82, 2.24) is 21.3 Å². The van der Waals surface area contributed by atoms with Crippen molar-refractivity contribution in [3.8, 4) is 0 Å². The number of esters is 1. The third-order valence-electron chi connectivity index (χ3n) is 6.22. The minimum Gasteiger partial charge on any atom is -0.465 e. The summed E-state index contributed by atoms with van der Waals surface area (Å²) >= 11 is 3.51. The molecule has 0 spiro atoms. The Bertz CT molecular complexity index is 1250. The maximum atomic E-state index is 12.8. The van der Waals surface area contributed by atoms with E-state index >= 15 is 0 Å². The van der Waals surface area contributed by atoms with Gasteiger partial charge >= 0.3 is 5.97 Å². The number of nitrogens with one attached hydrogen (secondary N) is 4. The first-order valence-electron chi connectivity index (χ1n) is 13.1. The van der Waals surface area contributed by atoms with E-state index in [9.17, 15) is 24.3 Å². The molecular weight excluding hydrogens is 582 g/mol. The quantitative estimate of drug-likeness (QED) is 0.260. The van der Waals surface area contributed by atoms with Gasteiger partial charge in [-0.3, -0.25) is 24.2 Å². The SMILES string of the molecule is CCOC(=O)[C@H](CNC(=O)CNC(=O)C1=CC(=O)C=C(NC2=NCC(O)CN2)C1)c1cc(Br)cc(C(C)(C)C)c1. The zero-order chi connectivity index (χ0) is 29.4. The Hall–Kier alpha value is -3.51. The van der Waals surface area contributed by atoms with Crippen molar-refractivity contribution in [2.45, 2.75) is 51.6 Å². The van der Waals surface area contributed by atoms with Crippen LogP contribution in [-0.4, -0.2) is 73.5 Å². The number of β-amino-alcohol motifs (C(OH)–C–C–N with tert-alkyl or cyclic N) is 1. The van der Waals surface area contributed by atoms with E-state index < -0.39 is 29.8 Å². The first-order valence-corrected chi connectivity index (χ1v) is 13.9. The molecule has 40 heavy (non-hydrogen) atoms. The summed E-state index contributed by atoms with van der Waals surface area (Å²) in [5.41, 5.74) is 2.21. The Balaban J connectivity index is 1.58. The summed E-state index contributed by atoms with van der Waals surface area (Å²) in [6.45, 7) is 8.31. The first-order chi connectivity index (χ1) is 18.8. The zero-order valence-electron chi connectivity index (χ0n) is 23.1. The average molecular weight is 619 g/mol. The van der Waals surface area contributed by atoms with Crippen LogP contribution in [0.1, 0.15) is 51.2 Å². The van der Waals surface area contributed by atoms with Gasteiger partial charge in [0.15, 0.2) is 11.7 Å². The van der Waals surface area contributed by atoms with Crippen LogP contribution in [0.15, 0.2) is 51.1 Å². The molecule has 216 valence electrons. The Kier molecular flexibility index (Phi) is 10.6. The van der Waals surface area contributed by atoms with Crippen LogP contribution < -0.4 is 21.3 Å². The van der Waals surface area contributed by atoms with E-state index in [1.807, 2.05) is 18.2 Å². The fourth-order valence-electron chi connectivity index (χ4n) is 4.06. The fraction of sp³-hybridized carbons (Fsp3) is 0.464. The maximum absolute atomic E-state index is 12.8. The molecule has 1 aromatic rings. The van der Waals surface area contributed by atoms with Gasteiger partial charge in [-0.1, -0.05) is 42.8 Å². The van der Waals surface area contributed by atoms with Gasteiger partial charge in [-0.2, -0.15) is 0 Å². The number of ketones is 1. The number of nitrogens with zero attached hydrogens (tertiary/aromatic N) is 1. The average Bonchev–Trinajstić information content (AvgIpc) is 2.88. The Morgan fingerprint density at radius 1 is 1.20 bits per heavy atom. The number of benzene rings is 1. The van der Waals surface area contributed by atoms with Crippen LogP contribution in [0.4, 0.5) is 0 Å². The summed E-state index contributed by atoms with van der Waals surface area (Å²) in [6.07, 6.45) is 2.13. The van der Waals surface area contributed by atoms with Gasteiger partial charge in [0, 0.05) is 41.3 Å². The van der Waals surface area contributed by atoms with Crippen molar-refractivity contribution < 1.29 is 29.0 Å². The van der Waals surface area contributed by atoms with Crippen LogP contribution in [0.5, 0.6) is 0 Å². The third kappa shape index (κ3) is 9.02. The van der Waals surface area contributed by atoms with E-state index in [0.717, 1.165) is 10.0 Å². The molecule has 0 radical (unpaired) electrons. The van der Waals surface area contributed by atoms with Gasteiger partial charge in [0.1, 0.15) is 0 Å². The van der Waals surface area contributed by atoms with Crippen LogP contribution in [0.3, 0.4) is 0 Å². The van der Waals surface area contributed by atoms with E-state index in [-0.39, 0.29) is 49.4 Å². The second kappa shape index (κ2) is 13.7. The zero-order valence-corrected chi connectivity index (χ0v) is 24.7. The lowest BCUT2D eigenvalue weighted by Crippen LogP contribution is -2.46. The predicted octanol–water partition coefficient (Wildman–Crippen LogP) is 1.32. The van der Waals surface area contributed by atoms with Gasteiger partial charge in [0.25, 0.3) is 0 Å². The van der Waals surface area contributed by atoms with Gasteiger partial charge in [-0.05, 0) is 41.7 Å². The topological polar surface area (TPSA) is 158 Å². The van der Waals surface area contributed by atoms with E-state index in [2.05, 4.69) is 63.0 Å². The molecule has 12 heteroatoms. The number of allylic oxidation sites excluding steroid dienone is 3. The summed E-state index contributed by atoms with van der Waals surface area (Å²) in [5, 5.41) is 20.6. The van der Waals surface area contributed by atoms with Gasteiger partial charge in [0.2, 0.25) is 11.8 Å². The standard InChI is InChI=1S/C28H36BrN5O6/c1-5-40-26(39)23(16-6-18(28(2,3)4)10-19(29)7-16)14-30-24(37)15-31-25(38)17-8-20(11-21(35)9-17)34-27-32-12-22(36)13-33-27/h6-7,9-11,22-23,36H,5,8,12-15H2,1-4H3,(H,30,37)(H,31,38)(H2,32,33,34)/t23-/m1/s1. The van der Waals surface area contributed by atoms with Crippen molar-refractivity contribution in [1.29, 1.82) is 0 Å². The largest absolute Gasteiger partial charge is 0.465 e. The van der Waals surface area contributed by atoms with E-state index in [1.165, 1.54) is 12.2 Å². The number of hydrogen-bond acceptors (Lipinski definition) is 9. The third-order valence-corrected chi connectivity index (χ3v) is 6.68. The number of aliphatic hydroxyl groups is 1. The molecule has 5 N–H and O–H groups in total. The Morgan fingerprint density at radius 3 is 2.60 bits per heavy atom. The molecular formula is C28H36BrN5O6. The predicted molar refractivity (Wildman–Crippen MR) is 153 cm³/mol. The number of carbonyl (C=O) groups is 4. The minimum atomic E-state index is -0.743. The lowest BCUT2D eigenvalue weighted by Gasteiger charge is -2.23. The molecule has 3 rings (SSSR count). The molecule has 0 aromatic heterocycles. The minimum absolute atomic E-state index is 0.0185. The van der Waals surface area contributed by atoms with E-state index in [4.69, 9.17) is 4.74 Å². The highest BCUT2D eigenvalue weighted by atomic mass is 79.9. The molecule has 1 heterocycles. The van der Waals surface area contributed by atoms with Crippen LogP contribution >= 0.6 is 15.9 Å². The maximum Gasteiger partial charge on any atom is 0.315 e. The summed E-state index contributed by atoms with van der Waals surface area (Å²) in [7, 11) is 0. The van der Waals surface area contributed by atoms with Gasteiger partial charge in [-0.15, -0.1) is 0 Å². The van der Waals surface area contributed by atoms with Crippen molar-refractivity contribution in [3.05, 3.63) is 57.2 Å². The molecule has 0 fully saturated rings. The van der Waals surface area contributed by atoms with Gasteiger partial charge in [-0.25, -0.2) is 0 Å². The molecule has 1 aliphatic heterocycles. The molecule has 1 unspecified atom stereocenters. The van der Waals surface area contributed by atoms with Crippen LogP contribution in [0.25, 0.3) is 0 Å². The molecule has 11 nitrogen and oxygen atoms in total. The Labute approximate surface area is 242 Å². The number of ether oxygens (including phenoxy) is 1. The number of aliphatic imine (C=N–C) groups is 1. The van der Waals surface area contributed by atoms with Crippen molar-refractivity contribution >= 4 is 45.5 Å². The second-order valence-electron chi connectivity index (χ2n) is 10.6. The highest BCUT2D eigenvalue weighted by Gasteiger charge is 2.26. The van der Waals surface area contributed by atoms with Gasteiger partial charge < -0.3 is 31.1 Å². The van der Waals surface area contributed by atoms with Crippen LogP contribution in [-0.2, 0) is 29.3 Å². The molecule has 1 aliphatic carbocycles. The molecule has 0 saturated heterocycles. The molecule has 2 aliphatic rings. The molecule has 0 saturated carbocycles. The smallest absolute Gasteiger partial charge is 0.315 e. The summed E-state index contributed by atoms with van der Waals surface area (Å²) in [4.78, 5) is 54.4. The Morgan fingerprint density at radius 2 is 1.95 bits per heavy atom. The molecule has 1 aromatic carbocycles. The monoisotopic (exact) mass is 617 g/mol. The highest BCUT2D eigenvalue weighted by Crippen LogP contribution is 2.30. The van der Waals surface area contributed by atoms with E-state index in [0.29, 0.717) is 23.8 Å². The lowest BCUT2D eigenvalue weighted by atomic mass is 9.84. The number of rotatable bonds is 9. The summed E-state index contributed by atoms with van der Waals surface area (Å²) in [6, 6.07) is 5.75. The van der Waals surface area contributed by atoms with Crippen LogP contribution in [0, 0.1) is 0 Å². The number of guanidine groups is 1. The van der Waals surface area contributed by atoms with Crippen LogP contribution in [0.2, 0.25) is 0 Å². The molecule has 0 bridgehead atoms. The van der Waals surface area contributed by atoms with Crippen molar-refractivity contribution in [2.24, 2.45) is 4.99 Å². The fourth-order valence-corrected chi connectivity index (χ4v) is 4.58. The highest BCUT2D eigenvalue weighted by molar-refractivity contribution is 9.10. The number of amides is 2. The van der Waals surface area contributed by atoms with Crippen molar-refractivity contribution in [3.63, 3.8) is 0 Å².